The lowest BCUT2D eigenvalue weighted by Gasteiger charge is -2.14. The molecule has 0 unspecified atom stereocenters. The summed E-state index contributed by atoms with van der Waals surface area (Å²) in [6.07, 6.45) is 1.53. The summed E-state index contributed by atoms with van der Waals surface area (Å²) in [5.41, 5.74) is 5.67. The van der Waals surface area contributed by atoms with Crippen LogP contribution in [-0.4, -0.2) is 5.78 Å². The molecule has 1 aliphatic rings. The van der Waals surface area contributed by atoms with Crippen LogP contribution in [0.3, 0.4) is 0 Å². The topological polar surface area (TPSA) is 17.1 Å². The highest BCUT2D eigenvalue weighted by molar-refractivity contribution is 6.10. The van der Waals surface area contributed by atoms with Crippen LogP contribution in [0.5, 0.6) is 0 Å². The minimum absolute atomic E-state index is 0.285. The van der Waals surface area contributed by atoms with Crippen LogP contribution in [0.1, 0.15) is 27.9 Å². The first-order valence-electron chi connectivity index (χ1n) is 7.39. The van der Waals surface area contributed by atoms with Gasteiger partial charge in [0, 0.05) is 12.0 Å². The number of aryl methyl sites for hydroxylation is 2. The summed E-state index contributed by atoms with van der Waals surface area (Å²) in [6, 6.07) is 19.0. The third-order valence-corrected chi connectivity index (χ3v) is 4.46. The molecule has 0 fully saturated rings. The van der Waals surface area contributed by atoms with Crippen LogP contribution >= 0.6 is 0 Å². The maximum absolute atomic E-state index is 12.3. The molecule has 0 heterocycles. The van der Waals surface area contributed by atoms with Gasteiger partial charge >= 0.3 is 0 Å². The van der Waals surface area contributed by atoms with Gasteiger partial charge in [-0.15, -0.1) is 0 Å². The number of fused-ring (bicyclic) bond motifs is 2. The van der Waals surface area contributed by atoms with Crippen molar-refractivity contribution in [2.45, 2.75) is 19.8 Å². The van der Waals surface area contributed by atoms with Gasteiger partial charge in [-0.25, -0.2) is 0 Å². The van der Waals surface area contributed by atoms with Crippen LogP contribution in [-0.2, 0) is 6.42 Å². The molecule has 0 aromatic heterocycles. The van der Waals surface area contributed by atoms with E-state index in [-0.39, 0.29) is 5.78 Å². The third kappa shape index (κ3) is 1.81. The lowest BCUT2D eigenvalue weighted by atomic mass is 9.89. The van der Waals surface area contributed by atoms with Gasteiger partial charge in [0.25, 0.3) is 0 Å². The zero-order valence-electron chi connectivity index (χ0n) is 12.0. The first kappa shape index (κ1) is 12.3. The van der Waals surface area contributed by atoms with Gasteiger partial charge in [-0.2, -0.15) is 0 Å². The highest BCUT2D eigenvalue weighted by Gasteiger charge is 2.24. The lowest BCUT2D eigenvalue weighted by Crippen LogP contribution is -1.97. The molecule has 1 nitrogen and oxygen atoms in total. The summed E-state index contributed by atoms with van der Waals surface area (Å²) in [4.78, 5) is 12.3. The Hall–Kier alpha value is -2.41. The number of carbonyl (C=O) groups is 1. The quantitative estimate of drug-likeness (QED) is 0.613. The number of rotatable bonds is 1. The van der Waals surface area contributed by atoms with Crippen molar-refractivity contribution in [1.29, 1.82) is 0 Å². The van der Waals surface area contributed by atoms with Gasteiger partial charge in [-0.1, -0.05) is 54.6 Å². The number of Topliss-reactive ketones (excluding diaryl/α,β-unsaturated/α-hetero) is 1. The highest BCUT2D eigenvalue weighted by atomic mass is 16.1. The molecule has 3 aromatic rings. The van der Waals surface area contributed by atoms with E-state index in [1.807, 2.05) is 0 Å². The Balaban J connectivity index is 2.11. The van der Waals surface area contributed by atoms with Crippen LogP contribution in [0.2, 0.25) is 0 Å². The molecule has 4 rings (SSSR count). The van der Waals surface area contributed by atoms with Crippen molar-refractivity contribution in [3.63, 3.8) is 0 Å². The zero-order valence-corrected chi connectivity index (χ0v) is 12.0. The molecule has 0 N–H and O–H groups in total. The smallest absolute Gasteiger partial charge is 0.164 e. The Morgan fingerprint density at radius 1 is 0.810 bits per heavy atom. The van der Waals surface area contributed by atoms with E-state index < -0.39 is 0 Å². The summed E-state index contributed by atoms with van der Waals surface area (Å²) in [5.74, 6) is 0.285. The molecular formula is C20H16O. The fourth-order valence-electron chi connectivity index (χ4n) is 3.46. The molecule has 1 aliphatic carbocycles. The van der Waals surface area contributed by atoms with Gasteiger partial charge in [-0.3, -0.25) is 4.79 Å². The Labute approximate surface area is 124 Å². The van der Waals surface area contributed by atoms with E-state index in [2.05, 4.69) is 61.5 Å². The van der Waals surface area contributed by atoms with Crippen LogP contribution in [0.15, 0.2) is 54.6 Å². The van der Waals surface area contributed by atoms with Crippen molar-refractivity contribution >= 4 is 16.6 Å². The molecule has 0 saturated carbocycles. The third-order valence-electron chi connectivity index (χ3n) is 4.46. The van der Waals surface area contributed by atoms with Gasteiger partial charge in [0.05, 0.1) is 0 Å². The number of hydrogen-bond acceptors (Lipinski definition) is 1. The molecule has 3 aromatic carbocycles. The average Bonchev–Trinajstić information content (AvgIpc) is 2.89. The molecular weight excluding hydrogens is 256 g/mol. The van der Waals surface area contributed by atoms with Gasteiger partial charge in [0.1, 0.15) is 0 Å². The minimum atomic E-state index is 0.285. The Morgan fingerprint density at radius 3 is 2.57 bits per heavy atom. The zero-order chi connectivity index (χ0) is 14.4. The first-order valence-corrected chi connectivity index (χ1v) is 7.39. The van der Waals surface area contributed by atoms with Crippen molar-refractivity contribution in [3.05, 3.63) is 71.3 Å². The van der Waals surface area contributed by atoms with E-state index in [4.69, 9.17) is 0 Å². The Kier molecular flexibility index (Phi) is 2.68. The highest BCUT2D eigenvalue weighted by Crippen LogP contribution is 2.37. The molecule has 21 heavy (non-hydrogen) atoms. The maximum Gasteiger partial charge on any atom is 0.164 e. The first-order chi connectivity index (χ1) is 10.3. The summed E-state index contributed by atoms with van der Waals surface area (Å²) >= 11 is 0. The molecule has 0 spiro atoms. The SMILES string of the molecule is Cc1ccc2ccccc2c1-c1cccc2c1C(=O)CC2. The lowest BCUT2D eigenvalue weighted by molar-refractivity contribution is 0.0995. The van der Waals surface area contributed by atoms with Crippen LogP contribution < -0.4 is 0 Å². The second kappa shape index (κ2) is 4.56. The molecule has 0 radical (unpaired) electrons. The van der Waals surface area contributed by atoms with Crippen molar-refractivity contribution in [2.75, 3.05) is 0 Å². The number of hydrogen-bond donors (Lipinski definition) is 0. The average molecular weight is 272 g/mol. The van der Waals surface area contributed by atoms with Gasteiger partial charge in [-0.05, 0) is 46.4 Å². The van der Waals surface area contributed by atoms with Gasteiger partial charge in [0.2, 0.25) is 0 Å². The molecule has 0 saturated heterocycles. The standard InChI is InChI=1S/C20H16O/c1-13-9-10-14-5-2-3-7-16(14)19(13)17-8-4-6-15-11-12-18(21)20(15)17/h2-10H,11-12H2,1H3. The number of ketones is 1. The van der Waals surface area contributed by atoms with E-state index in [9.17, 15) is 4.79 Å². The summed E-state index contributed by atoms with van der Waals surface area (Å²) in [5, 5.41) is 2.45. The fourth-order valence-corrected chi connectivity index (χ4v) is 3.46. The normalized spacial score (nSPS) is 13.7. The van der Waals surface area contributed by atoms with Crippen LogP contribution in [0.4, 0.5) is 0 Å². The van der Waals surface area contributed by atoms with Crippen molar-refractivity contribution in [1.82, 2.24) is 0 Å². The van der Waals surface area contributed by atoms with E-state index in [1.165, 1.54) is 27.5 Å². The second-order valence-electron chi connectivity index (χ2n) is 5.74. The molecule has 1 heteroatoms. The van der Waals surface area contributed by atoms with Crippen molar-refractivity contribution < 1.29 is 4.79 Å². The molecule has 0 atom stereocenters. The van der Waals surface area contributed by atoms with Crippen molar-refractivity contribution in [3.8, 4) is 11.1 Å². The number of carbonyl (C=O) groups excluding carboxylic acids is 1. The summed E-state index contributed by atoms with van der Waals surface area (Å²) < 4.78 is 0. The Morgan fingerprint density at radius 2 is 1.67 bits per heavy atom. The molecule has 0 amide bonds. The summed E-state index contributed by atoms with van der Waals surface area (Å²) in [7, 11) is 0. The van der Waals surface area contributed by atoms with Crippen LogP contribution in [0, 0.1) is 6.92 Å². The van der Waals surface area contributed by atoms with E-state index in [1.54, 1.807) is 0 Å². The van der Waals surface area contributed by atoms with E-state index in [0.717, 1.165) is 17.5 Å². The maximum atomic E-state index is 12.3. The Bertz CT molecular complexity index is 874. The number of benzene rings is 3. The predicted molar refractivity (Wildman–Crippen MR) is 86.8 cm³/mol. The van der Waals surface area contributed by atoms with Gasteiger partial charge in [0.15, 0.2) is 5.78 Å². The summed E-state index contributed by atoms with van der Waals surface area (Å²) in [6.45, 7) is 2.13. The molecule has 102 valence electrons. The predicted octanol–water partition coefficient (Wildman–Crippen LogP) is 4.94. The fraction of sp³-hybridized carbons (Fsp3) is 0.150. The van der Waals surface area contributed by atoms with E-state index >= 15 is 0 Å². The van der Waals surface area contributed by atoms with Crippen molar-refractivity contribution in [2.24, 2.45) is 0 Å². The minimum Gasteiger partial charge on any atom is -0.294 e. The molecule has 0 aliphatic heterocycles. The monoisotopic (exact) mass is 272 g/mol. The largest absolute Gasteiger partial charge is 0.294 e. The van der Waals surface area contributed by atoms with Gasteiger partial charge < -0.3 is 0 Å². The van der Waals surface area contributed by atoms with Crippen LogP contribution in [0.25, 0.3) is 21.9 Å². The van der Waals surface area contributed by atoms with E-state index in [0.29, 0.717) is 6.42 Å². The second-order valence-corrected chi connectivity index (χ2v) is 5.74. The molecule has 0 bridgehead atoms.